The number of benzene rings is 1. The number of rotatable bonds is 5. The molecule has 1 aromatic carbocycles. The first-order valence-corrected chi connectivity index (χ1v) is 7.18. The van der Waals surface area contributed by atoms with Gasteiger partial charge >= 0.3 is 5.97 Å². The predicted octanol–water partition coefficient (Wildman–Crippen LogP) is 2.79. The van der Waals surface area contributed by atoms with Gasteiger partial charge in [-0.05, 0) is 37.0 Å². The minimum Gasteiger partial charge on any atom is -0.480 e. The van der Waals surface area contributed by atoms with Crippen LogP contribution in [-0.2, 0) is 16.0 Å². The fraction of sp³-hybridized carbons (Fsp3) is 0.467. The number of carboxylic acids is 1. The summed E-state index contributed by atoms with van der Waals surface area (Å²) in [5.41, 5.74) is -0.0304. The van der Waals surface area contributed by atoms with E-state index in [-0.39, 0.29) is 12.3 Å². The van der Waals surface area contributed by atoms with Crippen molar-refractivity contribution in [1.29, 1.82) is 0 Å². The second kappa shape index (κ2) is 6.27. The van der Waals surface area contributed by atoms with Crippen LogP contribution >= 0.6 is 11.6 Å². The summed E-state index contributed by atoms with van der Waals surface area (Å²) >= 11 is 5.80. The molecule has 5 heteroatoms. The van der Waals surface area contributed by atoms with Crippen molar-refractivity contribution in [1.82, 2.24) is 5.32 Å². The molecule has 2 N–H and O–H groups in total. The normalized spacial score (nSPS) is 16.9. The second-order valence-electron chi connectivity index (χ2n) is 5.27. The Hall–Kier alpha value is -1.55. The largest absolute Gasteiger partial charge is 0.480 e. The van der Waals surface area contributed by atoms with Crippen LogP contribution in [0.5, 0.6) is 0 Å². The molecule has 1 fully saturated rings. The minimum atomic E-state index is -1.04. The Morgan fingerprint density at radius 3 is 2.35 bits per heavy atom. The number of amides is 1. The van der Waals surface area contributed by atoms with Gasteiger partial charge in [-0.3, -0.25) is 4.79 Å². The number of carboxylic acid groups (broad SMARTS) is 1. The monoisotopic (exact) mass is 295 g/mol. The van der Waals surface area contributed by atoms with E-state index in [0.29, 0.717) is 24.3 Å². The second-order valence-corrected chi connectivity index (χ2v) is 5.71. The molecule has 0 bridgehead atoms. The number of nitrogens with one attached hydrogen (secondary N) is 1. The molecule has 0 saturated heterocycles. The highest BCUT2D eigenvalue weighted by molar-refractivity contribution is 6.30. The first kappa shape index (κ1) is 14.9. The molecule has 0 heterocycles. The zero-order valence-corrected chi connectivity index (χ0v) is 11.9. The molecule has 108 valence electrons. The van der Waals surface area contributed by atoms with Gasteiger partial charge in [0.1, 0.15) is 5.54 Å². The van der Waals surface area contributed by atoms with Gasteiger partial charge in [0.25, 0.3) is 0 Å². The van der Waals surface area contributed by atoms with Crippen LogP contribution < -0.4 is 5.32 Å². The number of hydrogen-bond donors (Lipinski definition) is 2. The Labute approximate surface area is 123 Å². The number of carbonyl (C=O) groups is 2. The van der Waals surface area contributed by atoms with Gasteiger partial charge in [0.2, 0.25) is 5.91 Å². The SMILES string of the molecule is O=C(CCc1ccc(Cl)cc1)NC1(C(=O)O)CCCC1. The third-order valence-electron chi connectivity index (χ3n) is 3.80. The van der Waals surface area contributed by atoms with Crippen LogP contribution in [0.2, 0.25) is 5.02 Å². The van der Waals surface area contributed by atoms with E-state index in [1.54, 1.807) is 12.1 Å². The Bertz CT molecular complexity index is 492. The lowest BCUT2D eigenvalue weighted by atomic mass is 9.97. The van der Waals surface area contributed by atoms with Crippen molar-refractivity contribution >= 4 is 23.5 Å². The molecule has 1 aliphatic rings. The number of carbonyl (C=O) groups excluding carboxylic acids is 1. The smallest absolute Gasteiger partial charge is 0.329 e. The summed E-state index contributed by atoms with van der Waals surface area (Å²) in [6, 6.07) is 7.31. The highest BCUT2D eigenvalue weighted by atomic mass is 35.5. The van der Waals surface area contributed by atoms with Crippen molar-refractivity contribution in [3.05, 3.63) is 34.9 Å². The van der Waals surface area contributed by atoms with Gasteiger partial charge in [-0.15, -0.1) is 0 Å². The Balaban J connectivity index is 1.89. The van der Waals surface area contributed by atoms with E-state index in [9.17, 15) is 14.7 Å². The fourth-order valence-electron chi connectivity index (χ4n) is 2.61. The maximum atomic E-state index is 11.9. The number of aliphatic carboxylic acids is 1. The summed E-state index contributed by atoms with van der Waals surface area (Å²) in [5, 5.41) is 12.7. The summed E-state index contributed by atoms with van der Waals surface area (Å²) in [5.74, 6) is -1.13. The van der Waals surface area contributed by atoms with Gasteiger partial charge < -0.3 is 10.4 Å². The average molecular weight is 296 g/mol. The topological polar surface area (TPSA) is 66.4 Å². The summed E-state index contributed by atoms with van der Waals surface area (Å²) in [4.78, 5) is 23.3. The Morgan fingerprint density at radius 2 is 1.80 bits per heavy atom. The van der Waals surface area contributed by atoms with Gasteiger partial charge in [0.05, 0.1) is 0 Å². The highest BCUT2D eigenvalue weighted by Crippen LogP contribution is 2.30. The molecular formula is C15H18ClNO3. The highest BCUT2D eigenvalue weighted by Gasteiger charge is 2.42. The average Bonchev–Trinajstić information content (AvgIpc) is 2.88. The van der Waals surface area contributed by atoms with E-state index in [2.05, 4.69) is 5.32 Å². The third kappa shape index (κ3) is 3.51. The van der Waals surface area contributed by atoms with E-state index in [1.165, 1.54) is 0 Å². The molecule has 0 aliphatic heterocycles. The summed E-state index contributed by atoms with van der Waals surface area (Å²) in [6.07, 6.45) is 3.62. The number of aryl methyl sites for hydroxylation is 1. The zero-order valence-electron chi connectivity index (χ0n) is 11.2. The molecule has 4 nitrogen and oxygen atoms in total. The molecule has 20 heavy (non-hydrogen) atoms. The molecule has 0 unspecified atom stereocenters. The third-order valence-corrected chi connectivity index (χ3v) is 4.05. The van der Waals surface area contributed by atoms with Crippen LogP contribution in [0.4, 0.5) is 0 Å². The predicted molar refractivity (Wildman–Crippen MR) is 76.8 cm³/mol. The molecule has 0 radical (unpaired) electrons. The molecule has 0 aromatic heterocycles. The van der Waals surface area contributed by atoms with Crippen LogP contribution in [0.1, 0.15) is 37.7 Å². The van der Waals surface area contributed by atoms with Crippen LogP contribution in [0.3, 0.4) is 0 Å². The van der Waals surface area contributed by atoms with E-state index in [1.807, 2.05) is 12.1 Å². The van der Waals surface area contributed by atoms with Gasteiger partial charge in [-0.25, -0.2) is 4.79 Å². The zero-order chi connectivity index (χ0) is 14.6. The fourth-order valence-corrected chi connectivity index (χ4v) is 2.74. The number of halogens is 1. The number of hydrogen-bond acceptors (Lipinski definition) is 2. The molecule has 2 rings (SSSR count). The summed E-state index contributed by atoms with van der Waals surface area (Å²) in [6.45, 7) is 0. The van der Waals surface area contributed by atoms with Crippen LogP contribution in [0.15, 0.2) is 24.3 Å². The van der Waals surface area contributed by atoms with Crippen molar-refractivity contribution in [3.8, 4) is 0 Å². The molecule has 1 aromatic rings. The van der Waals surface area contributed by atoms with Crippen molar-refractivity contribution in [2.45, 2.75) is 44.1 Å². The molecule has 0 spiro atoms. The van der Waals surface area contributed by atoms with Crippen molar-refractivity contribution in [2.24, 2.45) is 0 Å². The lowest BCUT2D eigenvalue weighted by Crippen LogP contribution is -2.52. The van der Waals surface area contributed by atoms with Crippen LogP contribution in [0.25, 0.3) is 0 Å². The lowest BCUT2D eigenvalue weighted by molar-refractivity contribution is -0.147. The summed E-state index contributed by atoms with van der Waals surface area (Å²) < 4.78 is 0. The van der Waals surface area contributed by atoms with Gasteiger partial charge in [-0.2, -0.15) is 0 Å². The first-order chi connectivity index (χ1) is 9.52. The van der Waals surface area contributed by atoms with Gasteiger partial charge in [-0.1, -0.05) is 36.6 Å². The van der Waals surface area contributed by atoms with Crippen molar-refractivity contribution in [3.63, 3.8) is 0 Å². The van der Waals surface area contributed by atoms with Crippen molar-refractivity contribution in [2.75, 3.05) is 0 Å². The molecular weight excluding hydrogens is 278 g/mol. The quantitative estimate of drug-likeness (QED) is 0.878. The first-order valence-electron chi connectivity index (χ1n) is 6.81. The maximum Gasteiger partial charge on any atom is 0.329 e. The van der Waals surface area contributed by atoms with E-state index in [4.69, 9.17) is 11.6 Å². The summed E-state index contributed by atoms with van der Waals surface area (Å²) in [7, 11) is 0. The van der Waals surface area contributed by atoms with Crippen LogP contribution in [0, 0.1) is 0 Å². The Morgan fingerprint density at radius 1 is 1.20 bits per heavy atom. The molecule has 0 atom stereocenters. The molecule has 1 amide bonds. The van der Waals surface area contributed by atoms with Gasteiger partial charge in [0.15, 0.2) is 0 Å². The van der Waals surface area contributed by atoms with E-state index >= 15 is 0 Å². The lowest BCUT2D eigenvalue weighted by Gasteiger charge is -2.25. The molecule has 1 aliphatic carbocycles. The van der Waals surface area contributed by atoms with Crippen molar-refractivity contribution < 1.29 is 14.7 Å². The molecule has 1 saturated carbocycles. The van der Waals surface area contributed by atoms with E-state index < -0.39 is 11.5 Å². The Kier molecular flexibility index (Phi) is 4.65. The standard InChI is InChI=1S/C15H18ClNO3/c16-12-6-3-11(4-7-12)5-8-13(18)17-15(14(19)20)9-1-2-10-15/h3-4,6-7H,1-2,5,8-10H2,(H,17,18)(H,19,20). The van der Waals surface area contributed by atoms with E-state index in [0.717, 1.165) is 18.4 Å². The minimum absolute atomic E-state index is 0.204. The maximum absolute atomic E-state index is 11.9. The van der Waals surface area contributed by atoms with Gasteiger partial charge in [0, 0.05) is 11.4 Å². The van der Waals surface area contributed by atoms with Crippen LogP contribution in [-0.4, -0.2) is 22.5 Å².